The Morgan fingerprint density at radius 2 is 2.10 bits per heavy atom. The molecule has 108 valence electrons. The highest BCUT2D eigenvalue weighted by molar-refractivity contribution is 7.71. The van der Waals surface area contributed by atoms with E-state index in [1.54, 1.807) is 31.2 Å². The molecule has 0 spiro atoms. The fraction of sp³-hybridized carbons (Fsp3) is 0.154. The van der Waals surface area contributed by atoms with E-state index < -0.39 is 5.97 Å². The Hall–Kier alpha value is -2.61. The molecular weight excluding hydrogens is 292 g/mol. The lowest BCUT2D eigenvalue weighted by Crippen LogP contribution is -2.22. The van der Waals surface area contributed by atoms with Crippen LogP contribution in [0.5, 0.6) is 0 Å². The number of hydrogen-bond donors (Lipinski definition) is 1. The number of esters is 1. The molecule has 0 bridgehead atoms. The molecule has 1 aromatic carbocycles. The Morgan fingerprint density at radius 3 is 2.71 bits per heavy atom. The van der Waals surface area contributed by atoms with Crippen molar-refractivity contribution in [3.8, 4) is 0 Å². The van der Waals surface area contributed by atoms with E-state index in [0.717, 1.165) is 4.68 Å². The summed E-state index contributed by atoms with van der Waals surface area (Å²) in [6.07, 6.45) is 1.46. The topological polar surface area (TPSA) is 89.3 Å². The monoisotopic (exact) mass is 304 g/mol. The van der Waals surface area contributed by atoms with Crippen molar-refractivity contribution >= 4 is 24.4 Å². The number of H-pyrrole nitrogens is 1. The zero-order valence-corrected chi connectivity index (χ0v) is 12.2. The molecule has 0 radical (unpaired) electrons. The third kappa shape index (κ3) is 3.29. The summed E-state index contributed by atoms with van der Waals surface area (Å²) in [6, 6.07) is 6.58. The van der Waals surface area contributed by atoms with E-state index in [-0.39, 0.29) is 16.0 Å². The van der Waals surface area contributed by atoms with Crippen LogP contribution in [-0.2, 0) is 4.74 Å². The summed E-state index contributed by atoms with van der Waals surface area (Å²) < 4.78 is 5.76. The number of carbonyl (C=O) groups is 1. The summed E-state index contributed by atoms with van der Waals surface area (Å²) >= 11 is 4.96. The zero-order chi connectivity index (χ0) is 15.4. The van der Waals surface area contributed by atoms with Gasteiger partial charge in [-0.3, -0.25) is 9.89 Å². The highest BCUT2D eigenvalue weighted by Gasteiger charge is 2.04. The summed E-state index contributed by atoms with van der Waals surface area (Å²) in [4.78, 5) is 23.1. The van der Waals surface area contributed by atoms with Crippen molar-refractivity contribution < 1.29 is 9.53 Å². The molecule has 1 aromatic heterocycles. The van der Waals surface area contributed by atoms with Crippen LogP contribution in [-0.4, -0.2) is 34.2 Å². The average molecular weight is 304 g/mol. The quantitative estimate of drug-likeness (QED) is 0.524. The van der Waals surface area contributed by atoms with Crippen LogP contribution in [0.2, 0.25) is 0 Å². The maximum atomic E-state index is 11.8. The van der Waals surface area contributed by atoms with Crippen LogP contribution >= 0.6 is 12.2 Å². The van der Waals surface area contributed by atoms with Crippen LogP contribution in [0.1, 0.15) is 21.6 Å². The predicted molar refractivity (Wildman–Crippen MR) is 79.2 cm³/mol. The zero-order valence-electron chi connectivity index (χ0n) is 11.4. The second-order valence-corrected chi connectivity index (χ2v) is 4.48. The molecule has 0 saturated carbocycles. The van der Waals surface area contributed by atoms with E-state index in [2.05, 4.69) is 20.0 Å². The minimum atomic E-state index is -0.415. The van der Waals surface area contributed by atoms with Crippen LogP contribution < -0.4 is 5.56 Å². The minimum Gasteiger partial charge on any atom is -0.465 e. The molecule has 0 atom stereocenters. The number of carbonyl (C=O) groups excluding carboxylic acids is 1. The Labute approximate surface area is 124 Å². The maximum absolute atomic E-state index is 11.8. The molecule has 0 aliphatic rings. The van der Waals surface area contributed by atoms with Crippen LogP contribution in [0.3, 0.4) is 0 Å². The lowest BCUT2D eigenvalue weighted by Gasteiger charge is -2.00. The number of aryl methyl sites for hydroxylation is 1. The minimum absolute atomic E-state index is 0.105. The van der Waals surface area contributed by atoms with Crippen molar-refractivity contribution in [2.75, 3.05) is 7.11 Å². The molecule has 2 aromatic rings. The van der Waals surface area contributed by atoms with Crippen LogP contribution in [0.25, 0.3) is 0 Å². The second kappa shape index (κ2) is 6.23. The van der Waals surface area contributed by atoms with E-state index in [0.29, 0.717) is 11.1 Å². The van der Waals surface area contributed by atoms with Crippen LogP contribution in [0, 0.1) is 11.7 Å². The summed E-state index contributed by atoms with van der Waals surface area (Å²) in [7, 11) is 1.32. The summed E-state index contributed by atoms with van der Waals surface area (Å²) in [5, 5.41) is 10.3. The molecule has 0 aliphatic carbocycles. The van der Waals surface area contributed by atoms with Crippen molar-refractivity contribution in [1.29, 1.82) is 0 Å². The van der Waals surface area contributed by atoms with Gasteiger partial charge in [0.2, 0.25) is 4.77 Å². The van der Waals surface area contributed by atoms with Crippen molar-refractivity contribution in [2.45, 2.75) is 6.92 Å². The van der Waals surface area contributed by atoms with Crippen LogP contribution in [0.4, 0.5) is 0 Å². The number of aromatic amines is 1. The van der Waals surface area contributed by atoms with E-state index in [1.807, 2.05) is 0 Å². The van der Waals surface area contributed by atoms with Gasteiger partial charge in [-0.2, -0.15) is 14.9 Å². The van der Waals surface area contributed by atoms with Gasteiger partial charge in [0.25, 0.3) is 5.56 Å². The van der Waals surface area contributed by atoms with Crippen molar-refractivity contribution in [2.24, 2.45) is 5.10 Å². The smallest absolute Gasteiger partial charge is 0.337 e. The standard InChI is InChI=1S/C13H12N4O3S/c1-8-11(18)17(13(21)16-15-8)14-7-9-3-5-10(6-4-9)12(19)20-2/h3-7H,1-2H3,(H,16,21)/b14-7+. The number of hydrogen-bond acceptors (Lipinski definition) is 6. The molecule has 8 heteroatoms. The molecule has 0 unspecified atom stereocenters. The number of methoxy groups -OCH3 is 1. The van der Waals surface area contributed by atoms with Gasteiger partial charge in [-0.25, -0.2) is 4.79 Å². The normalized spacial score (nSPS) is 10.8. The Bertz CT molecular complexity index is 805. The van der Waals surface area contributed by atoms with Gasteiger partial charge < -0.3 is 4.74 Å². The van der Waals surface area contributed by atoms with Gasteiger partial charge in [0.1, 0.15) is 5.69 Å². The lowest BCUT2D eigenvalue weighted by atomic mass is 10.1. The lowest BCUT2D eigenvalue weighted by molar-refractivity contribution is 0.0601. The number of ether oxygens (including phenoxy) is 1. The average Bonchev–Trinajstić information content (AvgIpc) is 2.51. The number of nitrogens with zero attached hydrogens (tertiary/aromatic N) is 3. The Morgan fingerprint density at radius 1 is 1.43 bits per heavy atom. The number of aromatic nitrogens is 3. The first-order valence-electron chi connectivity index (χ1n) is 5.94. The molecule has 21 heavy (non-hydrogen) atoms. The first-order valence-corrected chi connectivity index (χ1v) is 6.35. The predicted octanol–water partition coefficient (Wildman–Crippen LogP) is 1.28. The molecule has 2 rings (SSSR count). The third-order valence-electron chi connectivity index (χ3n) is 2.67. The third-order valence-corrected chi connectivity index (χ3v) is 2.93. The molecule has 1 N–H and O–H groups in total. The number of nitrogens with one attached hydrogen (secondary N) is 1. The van der Waals surface area contributed by atoms with E-state index in [1.165, 1.54) is 13.3 Å². The first-order chi connectivity index (χ1) is 10.0. The largest absolute Gasteiger partial charge is 0.465 e. The summed E-state index contributed by atoms with van der Waals surface area (Å²) in [6.45, 7) is 1.56. The molecule has 0 saturated heterocycles. The molecule has 0 aliphatic heterocycles. The van der Waals surface area contributed by atoms with Gasteiger partial charge in [-0.15, -0.1) is 0 Å². The molecular formula is C13H12N4O3S. The van der Waals surface area contributed by atoms with Crippen molar-refractivity contribution in [1.82, 2.24) is 14.9 Å². The highest BCUT2D eigenvalue weighted by atomic mass is 32.1. The van der Waals surface area contributed by atoms with E-state index in [9.17, 15) is 9.59 Å². The van der Waals surface area contributed by atoms with Gasteiger partial charge in [0, 0.05) is 0 Å². The molecule has 7 nitrogen and oxygen atoms in total. The van der Waals surface area contributed by atoms with Crippen molar-refractivity contribution in [3.05, 3.63) is 56.2 Å². The SMILES string of the molecule is COC(=O)c1ccc(/C=N/n2c(=S)[nH]nc(C)c2=O)cc1. The summed E-state index contributed by atoms with van der Waals surface area (Å²) in [5.41, 5.74) is 1.02. The molecule has 0 fully saturated rings. The number of benzene rings is 1. The highest BCUT2D eigenvalue weighted by Crippen LogP contribution is 2.04. The van der Waals surface area contributed by atoms with E-state index >= 15 is 0 Å². The van der Waals surface area contributed by atoms with Gasteiger partial charge in [0.05, 0.1) is 18.9 Å². The molecule has 0 amide bonds. The van der Waals surface area contributed by atoms with Crippen LogP contribution in [0.15, 0.2) is 34.2 Å². The van der Waals surface area contributed by atoms with Gasteiger partial charge in [0.15, 0.2) is 0 Å². The molecule has 1 heterocycles. The Balaban J connectivity index is 2.30. The summed E-state index contributed by atoms with van der Waals surface area (Å²) in [5.74, 6) is -0.415. The second-order valence-electron chi connectivity index (χ2n) is 4.09. The van der Waals surface area contributed by atoms with E-state index in [4.69, 9.17) is 12.2 Å². The van der Waals surface area contributed by atoms with Crippen molar-refractivity contribution in [3.63, 3.8) is 0 Å². The van der Waals surface area contributed by atoms with Gasteiger partial charge in [-0.05, 0) is 36.8 Å². The number of rotatable bonds is 3. The first kappa shape index (κ1) is 14.8. The van der Waals surface area contributed by atoms with Gasteiger partial charge in [-0.1, -0.05) is 12.1 Å². The fourth-order valence-electron chi connectivity index (χ4n) is 1.52. The fourth-order valence-corrected chi connectivity index (χ4v) is 1.70. The van der Waals surface area contributed by atoms with Gasteiger partial charge >= 0.3 is 5.97 Å². The Kier molecular flexibility index (Phi) is 4.39. The maximum Gasteiger partial charge on any atom is 0.337 e.